The highest BCUT2D eigenvalue weighted by atomic mass is 35.5. The third-order valence-corrected chi connectivity index (χ3v) is 2.54. The number of hydrogen-bond acceptors (Lipinski definition) is 4. The van der Waals surface area contributed by atoms with Crippen molar-refractivity contribution >= 4 is 20.2 Å². The zero-order chi connectivity index (χ0) is 13.0. The third kappa shape index (κ3) is 5.02. The van der Waals surface area contributed by atoms with Crippen molar-refractivity contribution in [2.75, 3.05) is 0 Å². The first-order valence-electron chi connectivity index (χ1n) is 5.01. The molecule has 0 spiro atoms. The molecule has 2 aromatic heterocycles. The Morgan fingerprint density at radius 1 is 1.21 bits per heavy atom. The first-order chi connectivity index (χ1) is 8.54. The lowest BCUT2D eigenvalue weighted by molar-refractivity contribution is -0.725. The molecule has 0 aromatic carbocycles. The second kappa shape index (κ2) is 6.70. The van der Waals surface area contributed by atoms with Crippen molar-refractivity contribution in [1.82, 2.24) is 9.97 Å². The molecule has 0 amide bonds. The first kappa shape index (κ1) is 15.7. The van der Waals surface area contributed by atoms with Gasteiger partial charge in [0.1, 0.15) is 0 Å². The fourth-order valence-corrected chi connectivity index (χ4v) is 1.57. The molecule has 19 heavy (non-hydrogen) atoms. The highest BCUT2D eigenvalue weighted by Gasteiger charge is 2.16. The summed E-state index contributed by atoms with van der Waals surface area (Å²) in [6, 6.07) is 5.19. The van der Waals surface area contributed by atoms with E-state index in [0.29, 0.717) is 5.82 Å². The Labute approximate surface area is 115 Å². The second-order valence-corrected chi connectivity index (χ2v) is 4.66. The maximum absolute atomic E-state index is 10.5. The minimum Gasteiger partial charge on any atom is -0.303 e. The van der Waals surface area contributed by atoms with Crippen molar-refractivity contribution in [2.24, 2.45) is 0 Å². The van der Waals surface area contributed by atoms with Gasteiger partial charge in [0.25, 0.3) is 6.73 Å². The minimum atomic E-state index is -4.45. The van der Waals surface area contributed by atoms with Gasteiger partial charge in [-0.25, -0.2) is 19.1 Å². The summed E-state index contributed by atoms with van der Waals surface area (Å²) in [6.45, 7) is -0.222. The fraction of sp³-hybridized carbons (Fsp3) is 0.100. The molecule has 2 rings (SSSR count). The Balaban J connectivity index is 0.00000180. The molecule has 0 bridgehead atoms. The molecule has 2 aromatic rings. The molecule has 0 aliphatic heterocycles. The van der Waals surface area contributed by atoms with Crippen LogP contribution in [0.25, 0.3) is 11.4 Å². The zero-order valence-corrected chi connectivity index (χ0v) is 11.4. The lowest BCUT2D eigenvalue weighted by atomic mass is 10.2. The van der Waals surface area contributed by atoms with Crippen LogP contribution in [-0.2, 0) is 15.8 Å². The Kier molecular flexibility index (Phi) is 5.53. The second-order valence-electron chi connectivity index (χ2n) is 3.42. The van der Waals surface area contributed by atoms with E-state index in [4.69, 9.17) is 9.79 Å². The van der Waals surface area contributed by atoms with Crippen LogP contribution < -0.4 is 4.57 Å². The molecule has 7 nitrogen and oxygen atoms in total. The van der Waals surface area contributed by atoms with Gasteiger partial charge in [-0.3, -0.25) is 0 Å². The number of nitrogens with zero attached hydrogens (tertiary/aromatic N) is 3. The lowest BCUT2D eigenvalue weighted by Crippen LogP contribution is -2.33. The Hall–Kier alpha value is -1.37. The van der Waals surface area contributed by atoms with Gasteiger partial charge in [0.15, 0.2) is 18.2 Å². The van der Waals surface area contributed by atoms with Gasteiger partial charge < -0.3 is 9.79 Å². The quantitative estimate of drug-likeness (QED) is 0.644. The average molecular weight is 305 g/mol. The number of pyridine rings is 1. The predicted molar refractivity (Wildman–Crippen MR) is 68.0 cm³/mol. The van der Waals surface area contributed by atoms with Gasteiger partial charge in [0.2, 0.25) is 0 Å². The van der Waals surface area contributed by atoms with Crippen molar-refractivity contribution in [3.05, 3.63) is 43.0 Å². The van der Waals surface area contributed by atoms with Crippen LogP contribution in [0, 0.1) is 0 Å². The summed E-state index contributed by atoms with van der Waals surface area (Å²) < 4.78 is 16.4. The molecule has 0 aliphatic rings. The molecule has 0 saturated heterocycles. The Morgan fingerprint density at radius 2 is 1.79 bits per heavy atom. The maximum atomic E-state index is 10.5. The summed E-state index contributed by atoms with van der Waals surface area (Å²) in [7, 11) is -4.45. The van der Waals surface area contributed by atoms with Gasteiger partial charge in [-0.1, -0.05) is 0 Å². The Morgan fingerprint density at radius 3 is 2.32 bits per heavy atom. The molecule has 2 heterocycles. The number of hydrogen-bond donors (Lipinski definition) is 2. The maximum Gasteiger partial charge on any atom is 0.474 e. The number of aromatic nitrogens is 3. The highest BCUT2D eigenvalue weighted by molar-refractivity contribution is 7.46. The van der Waals surface area contributed by atoms with Crippen molar-refractivity contribution in [1.29, 1.82) is 0 Å². The monoisotopic (exact) mass is 304 g/mol. The van der Waals surface area contributed by atoms with E-state index in [-0.39, 0.29) is 19.1 Å². The van der Waals surface area contributed by atoms with Gasteiger partial charge in [0, 0.05) is 30.1 Å². The third-order valence-electron chi connectivity index (χ3n) is 2.09. The van der Waals surface area contributed by atoms with Crippen LogP contribution in [0.15, 0.2) is 43.0 Å². The SMILES string of the molecule is Cl.O=P(O)(O)OC[n+]1ccc(-c2ncccn2)cc1. The molecule has 0 fully saturated rings. The summed E-state index contributed by atoms with van der Waals surface area (Å²) in [5.74, 6) is 0.584. The van der Waals surface area contributed by atoms with E-state index in [1.54, 1.807) is 43.0 Å². The molecule has 2 N–H and O–H groups in total. The fourth-order valence-electron chi connectivity index (χ4n) is 1.28. The van der Waals surface area contributed by atoms with Gasteiger partial charge in [0.05, 0.1) is 0 Å². The van der Waals surface area contributed by atoms with Crippen LogP contribution in [0.1, 0.15) is 0 Å². The summed E-state index contributed by atoms with van der Waals surface area (Å²) in [6.07, 6.45) is 6.53. The molecule has 0 radical (unpaired) electrons. The number of phosphoric acid groups is 1. The summed E-state index contributed by atoms with van der Waals surface area (Å²) in [4.78, 5) is 25.3. The van der Waals surface area contributed by atoms with E-state index < -0.39 is 7.82 Å². The number of rotatable bonds is 4. The van der Waals surface area contributed by atoms with Gasteiger partial charge in [-0.05, 0) is 6.07 Å². The summed E-state index contributed by atoms with van der Waals surface area (Å²) >= 11 is 0. The molecule has 0 atom stereocenters. The predicted octanol–water partition coefficient (Wildman–Crippen LogP) is 0.920. The van der Waals surface area contributed by atoms with E-state index in [1.807, 2.05) is 0 Å². The van der Waals surface area contributed by atoms with Gasteiger partial charge in [-0.15, -0.1) is 12.4 Å². The van der Waals surface area contributed by atoms with E-state index in [1.165, 1.54) is 4.57 Å². The molecule has 9 heteroatoms. The van der Waals surface area contributed by atoms with Crippen molar-refractivity contribution in [3.8, 4) is 11.4 Å². The minimum absolute atomic E-state index is 0. The largest absolute Gasteiger partial charge is 0.474 e. The lowest BCUT2D eigenvalue weighted by Gasteiger charge is -2.02. The van der Waals surface area contributed by atoms with Crippen LogP contribution in [0.4, 0.5) is 0 Å². The molecule has 0 saturated carbocycles. The van der Waals surface area contributed by atoms with Gasteiger partial charge in [-0.2, -0.15) is 4.57 Å². The van der Waals surface area contributed by atoms with Crippen LogP contribution in [-0.4, -0.2) is 19.8 Å². The number of halogens is 1. The standard InChI is InChI=1S/C10H10N3O4P.ClH/c14-18(15,16)17-8-13-6-2-9(3-7-13)10-11-4-1-5-12-10;/h1-7H,8H2,(H-,14,15,16);1H/p+1. The molecular formula is C10H12ClN3O4P+. The Bertz CT molecular complexity index is 561. The topological polar surface area (TPSA) is 96.4 Å². The van der Waals surface area contributed by atoms with E-state index in [0.717, 1.165) is 5.56 Å². The molecule has 102 valence electrons. The first-order valence-corrected chi connectivity index (χ1v) is 6.54. The van der Waals surface area contributed by atoms with Crippen LogP contribution in [0.5, 0.6) is 0 Å². The van der Waals surface area contributed by atoms with Gasteiger partial charge >= 0.3 is 7.82 Å². The average Bonchev–Trinajstić information content (AvgIpc) is 2.37. The highest BCUT2D eigenvalue weighted by Crippen LogP contribution is 2.35. The number of phosphoric ester groups is 1. The van der Waals surface area contributed by atoms with Crippen LogP contribution in [0.3, 0.4) is 0 Å². The van der Waals surface area contributed by atoms with Crippen LogP contribution >= 0.6 is 20.2 Å². The zero-order valence-electron chi connectivity index (χ0n) is 9.66. The van der Waals surface area contributed by atoms with Crippen molar-refractivity contribution in [2.45, 2.75) is 6.73 Å². The van der Waals surface area contributed by atoms with Crippen LogP contribution in [0.2, 0.25) is 0 Å². The molecular weight excluding hydrogens is 293 g/mol. The molecule has 0 unspecified atom stereocenters. The smallest absolute Gasteiger partial charge is 0.303 e. The van der Waals surface area contributed by atoms with Crippen molar-refractivity contribution in [3.63, 3.8) is 0 Å². The van der Waals surface area contributed by atoms with Crippen molar-refractivity contribution < 1.29 is 23.4 Å². The van der Waals surface area contributed by atoms with E-state index in [9.17, 15) is 4.57 Å². The summed E-state index contributed by atoms with van der Waals surface area (Å²) in [5, 5.41) is 0. The van der Waals surface area contributed by atoms with E-state index >= 15 is 0 Å². The normalized spacial score (nSPS) is 10.8. The molecule has 0 aliphatic carbocycles. The summed E-state index contributed by atoms with van der Waals surface area (Å²) in [5.41, 5.74) is 0.808. The van der Waals surface area contributed by atoms with E-state index in [2.05, 4.69) is 14.5 Å².